The lowest BCUT2D eigenvalue weighted by atomic mass is 10.1. The van der Waals surface area contributed by atoms with Gasteiger partial charge in [-0.3, -0.25) is 14.4 Å². The topological polar surface area (TPSA) is 142 Å². The van der Waals surface area contributed by atoms with Crippen LogP contribution in [0.5, 0.6) is 0 Å². The molecule has 6 N–H and O–H groups in total. The fraction of sp³-hybridized carbons (Fsp3) is 0.667. The summed E-state index contributed by atoms with van der Waals surface area (Å²) < 4.78 is 0. The minimum Gasteiger partial charge on any atom is -0.480 e. The van der Waals surface area contributed by atoms with E-state index in [-0.39, 0.29) is 18.9 Å². The van der Waals surface area contributed by atoms with Gasteiger partial charge >= 0.3 is 11.9 Å². The van der Waals surface area contributed by atoms with Crippen molar-refractivity contribution < 1.29 is 24.6 Å². The molecule has 1 fully saturated rings. The Labute approximate surface area is 97.2 Å². The Kier molecular flexibility index (Phi) is 4.41. The van der Waals surface area contributed by atoms with Crippen molar-refractivity contribution in [2.75, 3.05) is 6.54 Å². The molecule has 96 valence electrons. The van der Waals surface area contributed by atoms with E-state index in [1.165, 1.54) is 0 Å². The van der Waals surface area contributed by atoms with Crippen LogP contribution in [-0.4, -0.2) is 52.7 Å². The second-order valence-corrected chi connectivity index (χ2v) is 3.95. The molecule has 0 aromatic rings. The number of hydrogen-bond acceptors (Lipinski definition) is 5. The monoisotopic (exact) mass is 245 g/mol. The third kappa shape index (κ3) is 4.00. The number of amides is 1. The summed E-state index contributed by atoms with van der Waals surface area (Å²) in [6, 6.07) is -2.21. The van der Waals surface area contributed by atoms with Crippen molar-refractivity contribution in [3.63, 3.8) is 0 Å². The first-order chi connectivity index (χ1) is 7.90. The van der Waals surface area contributed by atoms with Gasteiger partial charge in [0.1, 0.15) is 12.1 Å². The van der Waals surface area contributed by atoms with E-state index in [1.807, 2.05) is 0 Å². The van der Waals surface area contributed by atoms with Crippen LogP contribution in [0.4, 0.5) is 0 Å². The van der Waals surface area contributed by atoms with Crippen molar-refractivity contribution in [2.24, 2.45) is 5.73 Å². The van der Waals surface area contributed by atoms with Crippen molar-refractivity contribution in [2.45, 2.75) is 31.0 Å². The molecule has 1 saturated heterocycles. The molecule has 8 heteroatoms. The highest BCUT2D eigenvalue weighted by Crippen LogP contribution is 2.07. The van der Waals surface area contributed by atoms with Crippen LogP contribution >= 0.6 is 0 Å². The second-order valence-electron chi connectivity index (χ2n) is 3.95. The van der Waals surface area contributed by atoms with Crippen molar-refractivity contribution in [3.05, 3.63) is 0 Å². The van der Waals surface area contributed by atoms with Crippen molar-refractivity contribution in [1.29, 1.82) is 0 Å². The summed E-state index contributed by atoms with van der Waals surface area (Å²) in [6.45, 7) is 0.352. The molecule has 1 aliphatic heterocycles. The number of nitrogens with two attached hydrogens (primary N) is 1. The molecule has 0 aliphatic carbocycles. The Morgan fingerprint density at radius 3 is 2.53 bits per heavy atom. The lowest BCUT2D eigenvalue weighted by Crippen LogP contribution is -2.41. The van der Waals surface area contributed by atoms with E-state index in [0.717, 1.165) is 0 Å². The third-order valence-corrected chi connectivity index (χ3v) is 2.52. The normalized spacial score (nSPS) is 25.2. The molecule has 0 saturated carbocycles. The van der Waals surface area contributed by atoms with Gasteiger partial charge in [0.25, 0.3) is 0 Å². The predicted molar refractivity (Wildman–Crippen MR) is 56.2 cm³/mol. The van der Waals surface area contributed by atoms with Crippen molar-refractivity contribution >= 4 is 17.8 Å². The molecule has 1 amide bonds. The molecule has 3 atom stereocenters. The zero-order valence-corrected chi connectivity index (χ0v) is 9.05. The Balaban J connectivity index is 2.33. The average Bonchev–Trinajstić information content (AvgIpc) is 2.65. The second kappa shape index (κ2) is 5.60. The number of carboxylic acids is 2. The largest absolute Gasteiger partial charge is 0.480 e. The van der Waals surface area contributed by atoms with Crippen LogP contribution in [0, 0.1) is 0 Å². The molecule has 0 spiro atoms. The highest BCUT2D eigenvalue weighted by molar-refractivity contribution is 5.84. The van der Waals surface area contributed by atoms with E-state index in [0.29, 0.717) is 6.54 Å². The number of rotatable bonds is 5. The summed E-state index contributed by atoms with van der Waals surface area (Å²) in [7, 11) is 0. The van der Waals surface area contributed by atoms with Crippen LogP contribution in [0.2, 0.25) is 0 Å². The van der Waals surface area contributed by atoms with Crippen LogP contribution in [-0.2, 0) is 14.4 Å². The van der Waals surface area contributed by atoms with Gasteiger partial charge < -0.3 is 26.6 Å². The van der Waals surface area contributed by atoms with Gasteiger partial charge in [0.15, 0.2) is 0 Å². The summed E-state index contributed by atoms with van der Waals surface area (Å²) in [4.78, 5) is 32.4. The maximum atomic E-state index is 11.4. The Morgan fingerprint density at radius 2 is 2.06 bits per heavy atom. The van der Waals surface area contributed by atoms with Gasteiger partial charge in [-0.05, 0) is 6.42 Å². The molecule has 0 radical (unpaired) electrons. The first-order valence-corrected chi connectivity index (χ1v) is 5.14. The minimum absolute atomic E-state index is 0.281. The van der Waals surface area contributed by atoms with E-state index in [1.54, 1.807) is 0 Å². The van der Waals surface area contributed by atoms with Gasteiger partial charge in [0.05, 0.1) is 6.42 Å². The zero-order valence-electron chi connectivity index (χ0n) is 9.05. The predicted octanol–water partition coefficient (Wildman–Crippen LogP) is -2.28. The number of carboxylic acid groups (broad SMARTS) is 2. The minimum atomic E-state index is -1.24. The van der Waals surface area contributed by atoms with E-state index in [4.69, 9.17) is 15.9 Å². The van der Waals surface area contributed by atoms with Crippen molar-refractivity contribution in [3.8, 4) is 0 Å². The van der Waals surface area contributed by atoms with E-state index in [9.17, 15) is 14.4 Å². The Bertz CT molecular complexity index is 333. The maximum absolute atomic E-state index is 11.4. The highest BCUT2D eigenvalue weighted by atomic mass is 16.4. The Morgan fingerprint density at radius 1 is 1.41 bits per heavy atom. The average molecular weight is 245 g/mol. The molecule has 8 nitrogen and oxygen atoms in total. The van der Waals surface area contributed by atoms with Gasteiger partial charge in [-0.1, -0.05) is 0 Å². The van der Waals surface area contributed by atoms with Gasteiger partial charge in [-0.2, -0.15) is 0 Å². The lowest BCUT2D eigenvalue weighted by molar-refractivity contribution is -0.140. The molecule has 1 rings (SSSR count). The molecule has 0 aromatic carbocycles. The smallest absolute Gasteiger partial charge is 0.321 e. The summed E-state index contributed by atoms with van der Waals surface area (Å²) in [5.41, 5.74) is 5.20. The number of hydrogen-bond donors (Lipinski definition) is 5. The van der Waals surface area contributed by atoms with E-state index < -0.39 is 29.9 Å². The third-order valence-electron chi connectivity index (χ3n) is 2.52. The first kappa shape index (κ1) is 13.4. The number of carbonyl (C=O) groups is 3. The van der Waals surface area contributed by atoms with Gasteiger partial charge in [-0.25, -0.2) is 0 Å². The molecule has 0 aromatic heterocycles. The van der Waals surface area contributed by atoms with Crippen LogP contribution in [0.25, 0.3) is 0 Å². The van der Waals surface area contributed by atoms with Gasteiger partial charge in [-0.15, -0.1) is 0 Å². The zero-order chi connectivity index (χ0) is 13.0. The van der Waals surface area contributed by atoms with Gasteiger partial charge in [0, 0.05) is 12.6 Å². The standard InChI is InChI=1S/C9H15N3O5/c10-5(8(14)15)2-7(13)12-4-1-6(9(16)17)11-3-4/h4-6,11H,1-3,10H2,(H,12,13)(H,14,15)(H,16,17). The summed E-state index contributed by atoms with van der Waals surface area (Å²) in [6.07, 6.45) is -0.0348. The van der Waals surface area contributed by atoms with Gasteiger partial charge in [0.2, 0.25) is 5.91 Å². The van der Waals surface area contributed by atoms with Crippen LogP contribution in [0.15, 0.2) is 0 Å². The molecule has 1 heterocycles. The molecule has 1 aliphatic rings. The summed E-state index contributed by atoms with van der Waals surface area (Å²) >= 11 is 0. The number of nitrogens with one attached hydrogen (secondary N) is 2. The maximum Gasteiger partial charge on any atom is 0.321 e. The van der Waals surface area contributed by atoms with E-state index in [2.05, 4.69) is 10.6 Å². The highest BCUT2D eigenvalue weighted by Gasteiger charge is 2.30. The molecule has 3 unspecified atom stereocenters. The molecular formula is C9H15N3O5. The van der Waals surface area contributed by atoms with E-state index >= 15 is 0 Å². The number of carbonyl (C=O) groups excluding carboxylic acids is 1. The fourth-order valence-electron chi connectivity index (χ4n) is 1.61. The summed E-state index contributed by atoms with van der Waals surface area (Å²) in [5, 5.41) is 22.5. The Hall–Kier alpha value is -1.67. The van der Waals surface area contributed by atoms with Crippen molar-refractivity contribution in [1.82, 2.24) is 10.6 Å². The fourth-order valence-corrected chi connectivity index (χ4v) is 1.61. The van der Waals surface area contributed by atoms with Crippen LogP contribution in [0.1, 0.15) is 12.8 Å². The quantitative estimate of drug-likeness (QED) is 0.367. The first-order valence-electron chi connectivity index (χ1n) is 5.14. The molecular weight excluding hydrogens is 230 g/mol. The number of aliphatic carboxylic acids is 2. The summed E-state index contributed by atoms with van der Waals surface area (Å²) in [5.74, 6) is -2.70. The lowest BCUT2D eigenvalue weighted by Gasteiger charge is -2.12. The molecule has 17 heavy (non-hydrogen) atoms. The SMILES string of the molecule is NC(CC(=O)NC1CNC(C(=O)O)C1)C(=O)O. The van der Waals surface area contributed by atoms with Crippen LogP contribution < -0.4 is 16.4 Å². The molecule has 0 bridgehead atoms. The van der Waals surface area contributed by atoms with Crippen LogP contribution in [0.3, 0.4) is 0 Å².